The van der Waals surface area contributed by atoms with E-state index in [0.29, 0.717) is 5.82 Å². The summed E-state index contributed by atoms with van der Waals surface area (Å²) in [6.07, 6.45) is 0. The van der Waals surface area contributed by atoms with Crippen LogP contribution in [0.2, 0.25) is 0 Å². The van der Waals surface area contributed by atoms with Crippen molar-refractivity contribution in [2.45, 2.75) is 0 Å². The predicted molar refractivity (Wildman–Crippen MR) is 73.6 cm³/mol. The van der Waals surface area contributed by atoms with Crippen LogP contribution in [-0.2, 0) is 0 Å². The van der Waals surface area contributed by atoms with Crippen LogP contribution in [0.15, 0.2) is 42.5 Å². The van der Waals surface area contributed by atoms with E-state index in [-0.39, 0.29) is 5.69 Å². The average Bonchev–Trinajstić information content (AvgIpc) is 2.32. The van der Waals surface area contributed by atoms with Crippen molar-refractivity contribution in [3.8, 4) is 0 Å². The van der Waals surface area contributed by atoms with Crippen LogP contribution in [0.25, 0.3) is 0 Å². The van der Waals surface area contributed by atoms with Crippen LogP contribution in [0.4, 0.5) is 11.5 Å². The van der Waals surface area contributed by atoms with Crippen molar-refractivity contribution >= 4 is 40.1 Å². The second kappa shape index (κ2) is 5.13. The molecule has 2 rings (SSSR count). The number of carboxylic acid groups (broad SMARTS) is 1. The van der Waals surface area contributed by atoms with Crippen LogP contribution in [0.1, 0.15) is 10.5 Å². The number of aromatic nitrogens is 1. The first kappa shape index (κ1) is 11.8. The van der Waals surface area contributed by atoms with Crippen LogP contribution < -0.4 is 5.32 Å². The normalized spacial score (nSPS) is 9.94. The maximum atomic E-state index is 10.8. The fourth-order valence-corrected chi connectivity index (χ4v) is 1.85. The molecule has 1 aromatic carbocycles. The molecule has 0 fully saturated rings. The number of pyridine rings is 1. The molecule has 0 spiro atoms. The Balaban J connectivity index is 2.28. The van der Waals surface area contributed by atoms with E-state index in [1.807, 2.05) is 24.3 Å². The third kappa shape index (κ3) is 2.94. The predicted octanol–water partition coefficient (Wildman–Crippen LogP) is 3.13. The van der Waals surface area contributed by atoms with E-state index in [2.05, 4.69) is 32.9 Å². The molecule has 17 heavy (non-hydrogen) atoms. The second-order valence-corrected chi connectivity index (χ2v) is 4.48. The molecule has 0 unspecified atom stereocenters. The van der Waals surface area contributed by atoms with Gasteiger partial charge in [-0.1, -0.05) is 18.2 Å². The SMILES string of the molecule is O=C(O)c1cccc(Nc2ccccc2I)n1. The van der Waals surface area contributed by atoms with E-state index in [4.69, 9.17) is 5.11 Å². The van der Waals surface area contributed by atoms with Crippen molar-refractivity contribution in [1.29, 1.82) is 0 Å². The largest absolute Gasteiger partial charge is 0.477 e. The molecule has 0 saturated carbocycles. The summed E-state index contributed by atoms with van der Waals surface area (Å²) in [4.78, 5) is 14.8. The van der Waals surface area contributed by atoms with Gasteiger partial charge in [-0.15, -0.1) is 0 Å². The monoisotopic (exact) mass is 340 g/mol. The molecule has 1 heterocycles. The van der Waals surface area contributed by atoms with Gasteiger partial charge in [-0.05, 0) is 46.9 Å². The fraction of sp³-hybridized carbons (Fsp3) is 0. The van der Waals surface area contributed by atoms with Crippen molar-refractivity contribution in [3.63, 3.8) is 0 Å². The van der Waals surface area contributed by atoms with Gasteiger partial charge in [0.15, 0.2) is 5.69 Å². The van der Waals surface area contributed by atoms with Gasteiger partial charge < -0.3 is 10.4 Å². The highest BCUT2D eigenvalue weighted by Gasteiger charge is 2.05. The number of nitrogens with one attached hydrogen (secondary N) is 1. The van der Waals surface area contributed by atoms with Gasteiger partial charge in [0.1, 0.15) is 5.82 Å². The zero-order chi connectivity index (χ0) is 12.3. The summed E-state index contributed by atoms with van der Waals surface area (Å²) >= 11 is 2.20. The highest BCUT2D eigenvalue weighted by molar-refractivity contribution is 14.1. The molecule has 2 aromatic rings. The van der Waals surface area contributed by atoms with Crippen molar-refractivity contribution in [1.82, 2.24) is 4.98 Å². The lowest BCUT2D eigenvalue weighted by Gasteiger charge is -2.07. The lowest BCUT2D eigenvalue weighted by molar-refractivity contribution is 0.0690. The maximum Gasteiger partial charge on any atom is 0.354 e. The minimum atomic E-state index is -1.03. The standard InChI is InChI=1S/C12H9IN2O2/c13-8-4-1-2-5-9(8)14-11-7-3-6-10(15-11)12(16)17/h1-7H,(H,14,15)(H,16,17). The van der Waals surface area contributed by atoms with Crippen LogP contribution in [-0.4, -0.2) is 16.1 Å². The minimum Gasteiger partial charge on any atom is -0.477 e. The topological polar surface area (TPSA) is 62.2 Å². The fourth-order valence-electron chi connectivity index (χ4n) is 1.32. The van der Waals surface area contributed by atoms with Gasteiger partial charge in [0.25, 0.3) is 0 Å². The number of rotatable bonds is 3. The quantitative estimate of drug-likeness (QED) is 0.843. The highest BCUT2D eigenvalue weighted by Crippen LogP contribution is 2.20. The summed E-state index contributed by atoms with van der Waals surface area (Å²) in [5, 5.41) is 11.9. The van der Waals surface area contributed by atoms with Crippen molar-refractivity contribution in [3.05, 3.63) is 51.7 Å². The summed E-state index contributed by atoms with van der Waals surface area (Å²) in [5.74, 6) is -0.509. The number of carbonyl (C=O) groups is 1. The maximum absolute atomic E-state index is 10.8. The second-order valence-electron chi connectivity index (χ2n) is 3.32. The molecule has 0 aliphatic rings. The van der Waals surface area contributed by atoms with Crippen molar-refractivity contribution < 1.29 is 9.90 Å². The lowest BCUT2D eigenvalue weighted by Crippen LogP contribution is -2.03. The number of halogens is 1. The van der Waals surface area contributed by atoms with Gasteiger partial charge in [-0.3, -0.25) is 0 Å². The van der Waals surface area contributed by atoms with Gasteiger partial charge in [0.05, 0.1) is 5.69 Å². The Morgan fingerprint density at radius 1 is 1.18 bits per heavy atom. The smallest absolute Gasteiger partial charge is 0.354 e. The third-order valence-corrected chi connectivity index (χ3v) is 3.05. The first-order valence-corrected chi connectivity index (χ1v) is 5.96. The van der Waals surface area contributed by atoms with Crippen molar-refractivity contribution in [2.75, 3.05) is 5.32 Å². The Labute approximate surface area is 112 Å². The number of anilines is 2. The van der Waals surface area contributed by atoms with Gasteiger partial charge in [-0.25, -0.2) is 9.78 Å². The molecule has 0 aliphatic heterocycles. The number of nitrogens with zero attached hydrogens (tertiary/aromatic N) is 1. The van der Waals surface area contributed by atoms with E-state index < -0.39 is 5.97 Å². The summed E-state index contributed by atoms with van der Waals surface area (Å²) in [5.41, 5.74) is 0.934. The molecule has 0 atom stereocenters. The van der Waals surface area contributed by atoms with Gasteiger partial charge in [0, 0.05) is 3.57 Å². The Morgan fingerprint density at radius 3 is 2.65 bits per heavy atom. The molecule has 1 aromatic heterocycles. The van der Waals surface area contributed by atoms with E-state index in [1.54, 1.807) is 12.1 Å². The van der Waals surface area contributed by atoms with E-state index in [1.165, 1.54) is 6.07 Å². The third-order valence-electron chi connectivity index (χ3n) is 2.10. The molecule has 86 valence electrons. The zero-order valence-electron chi connectivity index (χ0n) is 8.72. The molecule has 4 nitrogen and oxygen atoms in total. The van der Waals surface area contributed by atoms with Gasteiger partial charge in [-0.2, -0.15) is 0 Å². The molecule has 0 bridgehead atoms. The van der Waals surface area contributed by atoms with Crippen LogP contribution in [0, 0.1) is 3.57 Å². The summed E-state index contributed by atoms with van der Waals surface area (Å²) < 4.78 is 1.05. The minimum absolute atomic E-state index is 0.0286. The summed E-state index contributed by atoms with van der Waals surface area (Å²) in [6, 6.07) is 12.6. The molecule has 2 N–H and O–H groups in total. The van der Waals surface area contributed by atoms with Gasteiger partial charge in [0.2, 0.25) is 0 Å². The van der Waals surface area contributed by atoms with Crippen LogP contribution in [0.3, 0.4) is 0 Å². The first-order chi connectivity index (χ1) is 8.16. The molecule has 5 heteroatoms. The number of aromatic carboxylic acids is 1. The molecule has 0 amide bonds. The first-order valence-electron chi connectivity index (χ1n) is 4.89. The molecular formula is C12H9IN2O2. The Bertz CT molecular complexity index is 558. The number of carboxylic acids is 1. The Hall–Kier alpha value is -1.63. The Kier molecular flexibility index (Phi) is 3.58. The molecular weight excluding hydrogens is 331 g/mol. The number of hydrogen-bond acceptors (Lipinski definition) is 3. The van der Waals surface area contributed by atoms with E-state index in [0.717, 1.165) is 9.26 Å². The zero-order valence-corrected chi connectivity index (χ0v) is 10.9. The van der Waals surface area contributed by atoms with Gasteiger partial charge >= 0.3 is 5.97 Å². The number of hydrogen-bond donors (Lipinski definition) is 2. The number of benzene rings is 1. The highest BCUT2D eigenvalue weighted by atomic mass is 127. The Morgan fingerprint density at radius 2 is 1.94 bits per heavy atom. The summed E-state index contributed by atoms with van der Waals surface area (Å²) in [7, 11) is 0. The molecule has 0 radical (unpaired) electrons. The van der Waals surface area contributed by atoms with Crippen molar-refractivity contribution in [2.24, 2.45) is 0 Å². The summed E-state index contributed by atoms with van der Waals surface area (Å²) in [6.45, 7) is 0. The van der Waals surface area contributed by atoms with E-state index in [9.17, 15) is 4.79 Å². The lowest BCUT2D eigenvalue weighted by atomic mass is 10.3. The van der Waals surface area contributed by atoms with Crippen LogP contribution >= 0.6 is 22.6 Å². The average molecular weight is 340 g/mol. The molecule has 0 aliphatic carbocycles. The van der Waals surface area contributed by atoms with E-state index >= 15 is 0 Å². The van der Waals surface area contributed by atoms with Crippen LogP contribution in [0.5, 0.6) is 0 Å². The number of para-hydroxylation sites is 1. The molecule has 0 saturated heterocycles.